The Morgan fingerprint density at radius 2 is 1.69 bits per heavy atom. The van der Waals surface area contributed by atoms with Crippen LogP contribution in [0.4, 0.5) is 5.95 Å². The van der Waals surface area contributed by atoms with Crippen molar-refractivity contribution < 1.29 is 24.6 Å². The molecule has 0 bridgehead atoms. The lowest BCUT2D eigenvalue weighted by atomic mass is 10.1. The van der Waals surface area contributed by atoms with Gasteiger partial charge in [-0.2, -0.15) is 0 Å². The normalized spacial score (nSPS) is 17.0. The quantitative estimate of drug-likeness (QED) is 0.816. The lowest BCUT2D eigenvalue weighted by Crippen LogP contribution is -2.58. The maximum absolute atomic E-state index is 12.8. The molecule has 2 aromatic rings. The van der Waals surface area contributed by atoms with Crippen molar-refractivity contribution in [3.05, 3.63) is 53.9 Å². The minimum absolute atomic E-state index is 0.0287. The predicted octanol–water partition coefficient (Wildman–Crippen LogP) is 0.590. The van der Waals surface area contributed by atoms with Gasteiger partial charge in [0, 0.05) is 31.0 Å². The highest BCUT2D eigenvalue weighted by molar-refractivity contribution is 5.99. The van der Waals surface area contributed by atoms with E-state index in [1.54, 1.807) is 23.4 Å². The average Bonchev–Trinajstić information content (AvgIpc) is 2.67. The van der Waals surface area contributed by atoms with Crippen molar-refractivity contribution >= 4 is 23.8 Å². The van der Waals surface area contributed by atoms with Gasteiger partial charge in [-0.15, -0.1) is 0 Å². The molecule has 9 heteroatoms. The topological polar surface area (TPSA) is 124 Å². The van der Waals surface area contributed by atoms with Crippen molar-refractivity contribution in [3.8, 4) is 0 Å². The van der Waals surface area contributed by atoms with Gasteiger partial charge in [0.2, 0.25) is 5.95 Å². The summed E-state index contributed by atoms with van der Waals surface area (Å²) in [5.41, 5.74) is 0.111. The number of piperazine rings is 1. The number of benzene rings is 1. The minimum atomic E-state index is -1.15. The number of amides is 1. The molecule has 0 spiro atoms. The highest BCUT2D eigenvalue weighted by Gasteiger charge is 2.36. The molecule has 9 nitrogen and oxygen atoms in total. The van der Waals surface area contributed by atoms with Crippen LogP contribution in [-0.4, -0.2) is 68.6 Å². The number of hydrogen-bond acceptors (Lipinski definition) is 6. The molecule has 0 radical (unpaired) electrons. The smallest absolute Gasteiger partial charge is 0.335 e. The Morgan fingerprint density at radius 1 is 1.00 bits per heavy atom. The zero-order chi connectivity index (χ0) is 18.7. The van der Waals surface area contributed by atoms with Crippen LogP contribution in [0, 0.1) is 0 Å². The van der Waals surface area contributed by atoms with E-state index in [2.05, 4.69) is 9.97 Å². The Morgan fingerprint density at radius 3 is 2.35 bits per heavy atom. The van der Waals surface area contributed by atoms with Crippen LogP contribution in [0.3, 0.4) is 0 Å². The van der Waals surface area contributed by atoms with Crippen LogP contribution in [0.5, 0.6) is 0 Å². The van der Waals surface area contributed by atoms with Crippen molar-refractivity contribution in [1.29, 1.82) is 0 Å². The largest absolute Gasteiger partial charge is 0.480 e. The summed E-state index contributed by atoms with van der Waals surface area (Å²) < 4.78 is 0. The van der Waals surface area contributed by atoms with E-state index in [4.69, 9.17) is 5.11 Å². The number of carbonyl (C=O) groups excluding carboxylic acids is 1. The molecular weight excluding hydrogens is 340 g/mol. The lowest BCUT2D eigenvalue weighted by molar-refractivity contribution is -0.142. The van der Waals surface area contributed by atoms with E-state index in [0.717, 1.165) is 0 Å². The fraction of sp³-hybridized carbons (Fsp3) is 0.235. The predicted molar refractivity (Wildman–Crippen MR) is 90.1 cm³/mol. The molecule has 1 atom stereocenters. The molecule has 1 fully saturated rings. The number of nitrogens with zero attached hydrogens (tertiary/aromatic N) is 4. The standard InChI is InChI=1S/C17H16N4O5/c22-14(11-3-1-4-12(9-11)15(23)24)21-8-7-20(10-13(21)16(25)26)17-18-5-2-6-19-17/h1-6,9,13H,7-8,10H2,(H,23,24)(H,25,26)/t13-/m0/s1. The number of carboxylic acid groups (broad SMARTS) is 2. The van der Waals surface area contributed by atoms with Gasteiger partial charge in [-0.3, -0.25) is 4.79 Å². The number of aliphatic carboxylic acids is 1. The highest BCUT2D eigenvalue weighted by Crippen LogP contribution is 2.18. The van der Waals surface area contributed by atoms with Gasteiger partial charge in [0.1, 0.15) is 6.04 Å². The van der Waals surface area contributed by atoms with Crippen LogP contribution in [0.2, 0.25) is 0 Å². The zero-order valence-electron chi connectivity index (χ0n) is 13.6. The molecule has 1 amide bonds. The van der Waals surface area contributed by atoms with Gasteiger partial charge >= 0.3 is 11.9 Å². The Balaban J connectivity index is 1.83. The summed E-state index contributed by atoms with van der Waals surface area (Å²) in [5, 5.41) is 18.6. The molecule has 2 heterocycles. The highest BCUT2D eigenvalue weighted by atomic mass is 16.4. The number of rotatable bonds is 4. The molecule has 0 saturated carbocycles. The molecule has 1 saturated heterocycles. The Bertz CT molecular complexity index is 842. The van der Waals surface area contributed by atoms with E-state index in [-0.39, 0.29) is 24.2 Å². The third kappa shape index (κ3) is 3.46. The molecule has 1 aliphatic heterocycles. The van der Waals surface area contributed by atoms with Gasteiger partial charge < -0.3 is 20.0 Å². The second-order valence-electron chi connectivity index (χ2n) is 5.73. The van der Waals surface area contributed by atoms with Gasteiger partial charge in [-0.25, -0.2) is 19.6 Å². The van der Waals surface area contributed by atoms with Gasteiger partial charge in [0.25, 0.3) is 5.91 Å². The second kappa shape index (κ2) is 7.18. The van der Waals surface area contributed by atoms with E-state index in [0.29, 0.717) is 12.5 Å². The first-order valence-corrected chi connectivity index (χ1v) is 7.86. The molecule has 0 aliphatic carbocycles. The van der Waals surface area contributed by atoms with Gasteiger partial charge in [0.15, 0.2) is 0 Å². The number of aromatic nitrogens is 2. The third-order valence-corrected chi connectivity index (χ3v) is 4.12. The Hall–Kier alpha value is -3.49. The van der Waals surface area contributed by atoms with E-state index < -0.39 is 23.9 Å². The summed E-state index contributed by atoms with van der Waals surface area (Å²) in [6, 6.07) is 6.12. The maximum atomic E-state index is 12.8. The van der Waals surface area contributed by atoms with Crippen molar-refractivity contribution in [2.75, 3.05) is 24.5 Å². The molecule has 0 unspecified atom stereocenters. The molecule has 1 aromatic carbocycles. The summed E-state index contributed by atoms with van der Waals surface area (Å²) in [6.07, 6.45) is 3.13. The number of hydrogen-bond donors (Lipinski definition) is 2. The molecule has 1 aromatic heterocycles. The SMILES string of the molecule is O=C(O)c1cccc(C(=O)N2CCN(c3ncccn3)C[C@H]2C(=O)O)c1. The van der Waals surface area contributed by atoms with Crippen LogP contribution in [0.25, 0.3) is 0 Å². The van der Waals surface area contributed by atoms with Crippen LogP contribution in [0.1, 0.15) is 20.7 Å². The zero-order valence-corrected chi connectivity index (χ0v) is 13.6. The number of anilines is 1. The first-order valence-electron chi connectivity index (χ1n) is 7.86. The first-order chi connectivity index (χ1) is 12.5. The van der Waals surface area contributed by atoms with Crippen molar-refractivity contribution in [2.24, 2.45) is 0 Å². The summed E-state index contributed by atoms with van der Waals surface area (Å²) in [4.78, 5) is 46.7. The van der Waals surface area contributed by atoms with Crippen LogP contribution >= 0.6 is 0 Å². The summed E-state index contributed by atoms with van der Waals surface area (Å²) in [5.74, 6) is -2.42. The lowest BCUT2D eigenvalue weighted by Gasteiger charge is -2.39. The van der Waals surface area contributed by atoms with Crippen LogP contribution in [-0.2, 0) is 4.79 Å². The Labute approximate surface area is 148 Å². The number of carboxylic acids is 2. The third-order valence-electron chi connectivity index (χ3n) is 4.12. The van der Waals surface area contributed by atoms with E-state index in [1.807, 2.05) is 0 Å². The average molecular weight is 356 g/mol. The fourth-order valence-electron chi connectivity index (χ4n) is 2.82. The fourth-order valence-corrected chi connectivity index (χ4v) is 2.82. The summed E-state index contributed by atoms with van der Waals surface area (Å²) >= 11 is 0. The molecule has 3 rings (SSSR count). The van der Waals surface area contributed by atoms with Gasteiger partial charge in [-0.05, 0) is 24.3 Å². The molecule has 26 heavy (non-hydrogen) atoms. The molecule has 1 aliphatic rings. The summed E-state index contributed by atoms with van der Waals surface area (Å²) in [6.45, 7) is 0.577. The van der Waals surface area contributed by atoms with E-state index in [9.17, 15) is 19.5 Å². The van der Waals surface area contributed by atoms with Crippen molar-refractivity contribution in [2.45, 2.75) is 6.04 Å². The summed E-state index contributed by atoms with van der Waals surface area (Å²) in [7, 11) is 0. The van der Waals surface area contributed by atoms with Crippen molar-refractivity contribution in [3.63, 3.8) is 0 Å². The van der Waals surface area contributed by atoms with E-state index in [1.165, 1.54) is 29.2 Å². The van der Waals surface area contributed by atoms with Crippen molar-refractivity contribution in [1.82, 2.24) is 14.9 Å². The molecular formula is C17H16N4O5. The minimum Gasteiger partial charge on any atom is -0.480 e. The Kier molecular flexibility index (Phi) is 4.78. The number of carbonyl (C=O) groups is 3. The van der Waals surface area contributed by atoms with Crippen LogP contribution in [0.15, 0.2) is 42.7 Å². The monoisotopic (exact) mass is 356 g/mol. The van der Waals surface area contributed by atoms with E-state index >= 15 is 0 Å². The van der Waals surface area contributed by atoms with Gasteiger partial charge in [-0.1, -0.05) is 6.07 Å². The first kappa shape index (κ1) is 17.3. The molecule has 134 valence electrons. The van der Waals surface area contributed by atoms with Gasteiger partial charge in [0.05, 0.1) is 12.1 Å². The maximum Gasteiger partial charge on any atom is 0.335 e. The van der Waals surface area contributed by atoms with Crippen LogP contribution < -0.4 is 4.90 Å². The second-order valence-corrected chi connectivity index (χ2v) is 5.73. The molecule has 2 N–H and O–H groups in total. The number of aromatic carboxylic acids is 1.